The smallest absolute Gasteiger partial charge is 0.341 e. The fourth-order valence-corrected chi connectivity index (χ4v) is 3.70. The summed E-state index contributed by atoms with van der Waals surface area (Å²) in [5, 5.41) is 3.26. The summed E-state index contributed by atoms with van der Waals surface area (Å²) < 4.78 is 48.0. The van der Waals surface area contributed by atoms with Gasteiger partial charge in [0.25, 0.3) is 5.91 Å². The number of alkyl halides is 2. The molecule has 0 bridgehead atoms. The second-order valence-corrected chi connectivity index (χ2v) is 8.19. The molecule has 1 amide bonds. The summed E-state index contributed by atoms with van der Waals surface area (Å²) in [6, 6.07) is 8.78. The minimum Gasteiger partial charge on any atom is -0.382 e. The standard InChI is InChI=1S/C18H19F2N3O3S/c19-18(20)27(25,26)16-3-1-14(2-4-16)22-15-7-11-23(12-8-15)17(24)13-5-9-21-10-6-13/h1-6,9-10,15,18,22H,7-8,11-12H2. The minimum absolute atomic E-state index is 0.0302. The van der Waals surface area contributed by atoms with Gasteiger partial charge in [-0.3, -0.25) is 9.78 Å². The molecule has 1 fully saturated rings. The molecule has 0 unspecified atom stereocenters. The Morgan fingerprint density at radius 3 is 2.22 bits per heavy atom. The van der Waals surface area contributed by atoms with Gasteiger partial charge in [0.2, 0.25) is 9.84 Å². The molecular weight excluding hydrogens is 376 g/mol. The van der Waals surface area contributed by atoms with Gasteiger partial charge in [0, 0.05) is 42.8 Å². The van der Waals surface area contributed by atoms with Gasteiger partial charge in [-0.05, 0) is 49.2 Å². The third-order valence-corrected chi connectivity index (χ3v) is 5.90. The molecule has 1 aliphatic heterocycles. The molecule has 3 rings (SSSR count). The predicted molar refractivity (Wildman–Crippen MR) is 96.4 cm³/mol. The van der Waals surface area contributed by atoms with Crippen LogP contribution in [0.5, 0.6) is 0 Å². The molecule has 2 heterocycles. The average molecular weight is 395 g/mol. The molecule has 9 heteroatoms. The highest BCUT2D eigenvalue weighted by Gasteiger charge is 2.27. The Hall–Kier alpha value is -2.55. The Kier molecular flexibility index (Phi) is 5.69. The van der Waals surface area contributed by atoms with Crippen LogP contribution >= 0.6 is 0 Å². The number of pyridine rings is 1. The van der Waals surface area contributed by atoms with Gasteiger partial charge in [-0.15, -0.1) is 0 Å². The lowest BCUT2D eigenvalue weighted by Crippen LogP contribution is -2.42. The largest absolute Gasteiger partial charge is 0.382 e. The maximum atomic E-state index is 12.6. The fraction of sp³-hybridized carbons (Fsp3) is 0.333. The average Bonchev–Trinajstić information content (AvgIpc) is 2.69. The van der Waals surface area contributed by atoms with Gasteiger partial charge in [0.15, 0.2) is 0 Å². The second-order valence-electron chi connectivity index (χ2n) is 6.28. The Morgan fingerprint density at radius 1 is 1.07 bits per heavy atom. The second kappa shape index (κ2) is 7.99. The van der Waals surface area contributed by atoms with Gasteiger partial charge in [0.05, 0.1) is 4.90 Å². The van der Waals surface area contributed by atoms with Crippen LogP contribution in [0.25, 0.3) is 0 Å². The Labute approximate surface area is 156 Å². The number of amides is 1. The summed E-state index contributed by atoms with van der Waals surface area (Å²) in [6.07, 6.45) is 4.63. The fourth-order valence-electron chi connectivity index (χ4n) is 2.98. The monoisotopic (exact) mass is 395 g/mol. The maximum Gasteiger partial charge on any atom is 0.341 e. The molecule has 6 nitrogen and oxygen atoms in total. The molecule has 0 radical (unpaired) electrons. The van der Waals surface area contributed by atoms with Crippen molar-refractivity contribution in [3.63, 3.8) is 0 Å². The van der Waals surface area contributed by atoms with Gasteiger partial charge < -0.3 is 10.2 Å². The molecule has 0 aliphatic carbocycles. The van der Waals surface area contributed by atoms with E-state index in [0.717, 1.165) is 12.8 Å². The lowest BCUT2D eigenvalue weighted by atomic mass is 10.0. The number of anilines is 1. The maximum absolute atomic E-state index is 12.6. The third kappa shape index (κ3) is 4.41. The number of nitrogens with zero attached hydrogens (tertiary/aromatic N) is 2. The molecule has 1 aliphatic rings. The van der Waals surface area contributed by atoms with E-state index in [4.69, 9.17) is 0 Å². The van der Waals surface area contributed by atoms with E-state index in [0.29, 0.717) is 24.3 Å². The first-order chi connectivity index (χ1) is 12.9. The number of benzene rings is 1. The summed E-state index contributed by atoms with van der Waals surface area (Å²) >= 11 is 0. The van der Waals surface area contributed by atoms with E-state index in [1.807, 2.05) is 0 Å². The van der Waals surface area contributed by atoms with Crippen LogP contribution in [0.3, 0.4) is 0 Å². The van der Waals surface area contributed by atoms with E-state index in [9.17, 15) is 22.0 Å². The van der Waals surface area contributed by atoms with Crippen LogP contribution < -0.4 is 5.32 Å². The predicted octanol–water partition coefficient (Wildman–Crippen LogP) is 2.79. The van der Waals surface area contributed by atoms with Crippen LogP contribution in [0.15, 0.2) is 53.7 Å². The normalized spacial score (nSPS) is 15.7. The lowest BCUT2D eigenvalue weighted by molar-refractivity contribution is 0.0718. The van der Waals surface area contributed by atoms with Crippen molar-refractivity contribution in [2.24, 2.45) is 0 Å². The Balaban J connectivity index is 1.56. The highest BCUT2D eigenvalue weighted by Crippen LogP contribution is 2.22. The first kappa shape index (κ1) is 19.2. The summed E-state index contributed by atoms with van der Waals surface area (Å²) in [7, 11) is -4.58. The summed E-state index contributed by atoms with van der Waals surface area (Å²) in [5.41, 5.74) is 1.26. The molecule has 0 atom stereocenters. The molecule has 27 heavy (non-hydrogen) atoms. The molecule has 1 aromatic carbocycles. The highest BCUT2D eigenvalue weighted by molar-refractivity contribution is 7.91. The molecule has 144 valence electrons. The van der Waals surface area contributed by atoms with Gasteiger partial charge in [-0.25, -0.2) is 8.42 Å². The molecule has 0 saturated carbocycles. The van der Waals surface area contributed by atoms with Gasteiger partial charge in [-0.2, -0.15) is 8.78 Å². The van der Waals surface area contributed by atoms with E-state index in [1.54, 1.807) is 29.4 Å². The highest BCUT2D eigenvalue weighted by atomic mass is 32.2. The van der Waals surface area contributed by atoms with E-state index in [1.165, 1.54) is 24.3 Å². The third-order valence-electron chi connectivity index (χ3n) is 4.50. The number of halogens is 2. The number of carbonyl (C=O) groups excluding carboxylic acids is 1. The van der Waals surface area contributed by atoms with Crippen molar-refractivity contribution in [3.05, 3.63) is 54.4 Å². The van der Waals surface area contributed by atoms with Crippen molar-refractivity contribution in [1.82, 2.24) is 9.88 Å². The zero-order valence-electron chi connectivity index (χ0n) is 14.4. The van der Waals surface area contributed by atoms with Crippen LogP contribution in [0, 0.1) is 0 Å². The van der Waals surface area contributed by atoms with Crippen molar-refractivity contribution in [2.75, 3.05) is 18.4 Å². The van der Waals surface area contributed by atoms with E-state index >= 15 is 0 Å². The number of nitrogens with one attached hydrogen (secondary N) is 1. The van der Waals surface area contributed by atoms with E-state index < -0.39 is 20.5 Å². The summed E-state index contributed by atoms with van der Waals surface area (Å²) in [6.45, 7) is 1.19. The molecule has 1 saturated heterocycles. The number of likely N-dealkylation sites (tertiary alicyclic amines) is 1. The van der Waals surface area contributed by atoms with Crippen LogP contribution in [0.1, 0.15) is 23.2 Å². The number of sulfone groups is 1. The first-order valence-corrected chi connectivity index (χ1v) is 10.0. The quantitative estimate of drug-likeness (QED) is 0.842. The molecular formula is C18H19F2N3O3S. The van der Waals surface area contributed by atoms with E-state index in [-0.39, 0.29) is 11.9 Å². The zero-order valence-corrected chi connectivity index (χ0v) is 15.2. The zero-order chi connectivity index (χ0) is 19.4. The van der Waals surface area contributed by atoms with Crippen molar-refractivity contribution in [3.8, 4) is 0 Å². The van der Waals surface area contributed by atoms with Gasteiger partial charge in [0.1, 0.15) is 0 Å². The van der Waals surface area contributed by atoms with Crippen molar-refractivity contribution >= 4 is 21.4 Å². The first-order valence-electron chi connectivity index (χ1n) is 8.46. The number of aromatic nitrogens is 1. The van der Waals surface area contributed by atoms with Crippen molar-refractivity contribution in [2.45, 2.75) is 29.5 Å². The lowest BCUT2D eigenvalue weighted by Gasteiger charge is -2.33. The van der Waals surface area contributed by atoms with Gasteiger partial charge in [-0.1, -0.05) is 0 Å². The molecule has 0 spiro atoms. The molecule has 1 N–H and O–H groups in total. The summed E-state index contributed by atoms with van der Waals surface area (Å²) in [4.78, 5) is 17.7. The Bertz CT molecular complexity index is 882. The van der Waals surface area contributed by atoms with Crippen LogP contribution in [-0.2, 0) is 9.84 Å². The summed E-state index contributed by atoms with van der Waals surface area (Å²) in [5.74, 6) is -3.46. The Morgan fingerprint density at radius 2 is 1.67 bits per heavy atom. The molecule has 2 aromatic rings. The number of rotatable bonds is 5. The number of hydrogen-bond donors (Lipinski definition) is 1. The SMILES string of the molecule is O=C(c1ccncc1)N1CCC(Nc2ccc(S(=O)(=O)C(F)F)cc2)CC1. The van der Waals surface area contributed by atoms with E-state index in [2.05, 4.69) is 10.3 Å². The molecule has 1 aromatic heterocycles. The number of carbonyl (C=O) groups is 1. The van der Waals surface area contributed by atoms with Crippen LogP contribution in [0.4, 0.5) is 14.5 Å². The van der Waals surface area contributed by atoms with Crippen molar-refractivity contribution in [1.29, 1.82) is 0 Å². The number of hydrogen-bond acceptors (Lipinski definition) is 5. The van der Waals surface area contributed by atoms with Crippen LogP contribution in [-0.4, -0.2) is 49.1 Å². The van der Waals surface area contributed by atoms with Crippen LogP contribution in [0.2, 0.25) is 0 Å². The topological polar surface area (TPSA) is 79.4 Å². The minimum atomic E-state index is -4.58. The number of piperidine rings is 1. The van der Waals surface area contributed by atoms with Crippen molar-refractivity contribution < 1.29 is 22.0 Å². The van der Waals surface area contributed by atoms with Gasteiger partial charge >= 0.3 is 5.76 Å².